The van der Waals surface area contributed by atoms with Crippen molar-refractivity contribution in [3.63, 3.8) is 0 Å². The average molecular weight is 245 g/mol. The topological polar surface area (TPSA) is 12.5 Å². The summed E-state index contributed by atoms with van der Waals surface area (Å²) in [5.41, 5.74) is 1.99. The van der Waals surface area contributed by atoms with Crippen molar-refractivity contribution in [2.75, 3.05) is 32.8 Å². The van der Waals surface area contributed by atoms with Gasteiger partial charge < -0.3 is 9.64 Å². The number of aryl methyl sites for hydroxylation is 1. The minimum atomic E-state index is 0.521. The van der Waals surface area contributed by atoms with E-state index in [4.69, 9.17) is 4.74 Å². The Morgan fingerprint density at radius 3 is 2.83 bits per heavy atom. The quantitative estimate of drug-likeness (QED) is 0.808. The molecule has 2 heteroatoms. The molecule has 18 heavy (non-hydrogen) atoms. The third-order valence-corrected chi connectivity index (χ3v) is 4.48. The molecule has 0 unspecified atom stereocenters. The van der Waals surface area contributed by atoms with E-state index < -0.39 is 0 Å². The zero-order valence-electron chi connectivity index (χ0n) is 11.1. The van der Waals surface area contributed by atoms with E-state index in [1.807, 2.05) is 0 Å². The van der Waals surface area contributed by atoms with Crippen LogP contribution in [0.1, 0.15) is 24.8 Å². The lowest BCUT2D eigenvalue weighted by Gasteiger charge is -2.21. The highest BCUT2D eigenvalue weighted by molar-refractivity contribution is 5.14. The smallest absolute Gasteiger partial charge is 0.0536 e. The Morgan fingerprint density at radius 1 is 1.17 bits per heavy atom. The maximum Gasteiger partial charge on any atom is 0.0536 e. The summed E-state index contributed by atoms with van der Waals surface area (Å²) in [4.78, 5) is 2.64. The Labute approximate surface area is 110 Å². The van der Waals surface area contributed by atoms with Crippen LogP contribution in [0, 0.1) is 5.41 Å². The molecule has 98 valence electrons. The van der Waals surface area contributed by atoms with Crippen molar-refractivity contribution in [1.82, 2.24) is 4.90 Å². The minimum absolute atomic E-state index is 0.521. The van der Waals surface area contributed by atoms with Gasteiger partial charge in [-0.2, -0.15) is 0 Å². The van der Waals surface area contributed by atoms with Crippen molar-refractivity contribution in [2.24, 2.45) is 5.41 Å². The number of likely N-dealkylation sites (tertiary alicyclic amines) is 1. The number of hydrogen-bond donors (Lipinski definition) is 0. The number of hydrogen-bond acceptors (Lipinski definition) is 2. The molecule has 2 heterocycles. The number of benzene rings is 1. The number of rotatable bonds is 4. The van der Waals surface area contributed by atoms with Crippen LogP contribution in [0.15, 0.2) is 30.3 Å². The maximum absolute atomic E-state index is 5.58. The normalized spacial score (nSPS) is 28.2. The van der Waals surface area contributed by atoms with E-state index in [9.17, 15) is 0 Å². The van der Waals surface area contributed by atoms with Crippen LogP contribution in [0.25, 0.3) is 0 Å². The zero-order chi connectivity index (χ0) is 12.3. The molecule has 2 fully saturated rings. The van der Waals surface area contributed by atoms with Gasteiger partial charge >= 0.3 is 0 Å². The molecule has 1 aromatic rings. The van der Waals surface area contributed by atoms with E-state index >= 15 is 0 Å². The van der Waals surface area contributed by atoms with Crippen molar-refractivity contribution >= 4 is 0 Å². The number of ether oxygens (including phenoxy) is 1. The molecule has 0 amide bonds. The molecule has 3 rings (SSSR count). The summed E-state index contributed by atoms with van der Waals surface area (Å²) in [6.07, 6.45) is 5.11. The van der Waals surface area contributed by atoms with E-state index in [2.05, 4.69) is 35.2 Å². The van der Waals surface area contributed by atoms with Crippen molar-refractivity contribution in [1.29, 1.82) is 0 Å². The molecule has 0 N–H and O–H groups in total. The molecule has 2 nitrogen and oxygen atoms in total. The first kappa shape index (κ1) is 12.2. The molecule has 2 saturated heterocycles. The Morgan fingerprint density at radius 2 is 2.06 bits per heavy atom. The molecule has 0 radical (unpaired) electrons. The summed E-state index contributed by atoms with van der Waals surface area (Å²) < 4.78 is 5.58. The molecule has 1 atom stereocenters. The minimum Gasteiger partial charge on any atom is -0.381 e. The zero-order valence-corrected chi connectivity index (χ0v) is 11.1. The molecule has 0 saturated carbocycles. The fourth-order valence-corrected chi connectivity index (χ4v) is 3.34. The highest BCUT2D eigenvalue weighted by atomic mass is 16.5. The largest absolute Gasteiger partial charge is 0.381 e. The summed E-state index contributed by atoms with van der Waals surface area (Å²) in [6.45, 7) is 5.77. The fraction of sp³-hybridized carbons (Fsp3) is 0.625. The highest BCUT2D eigenvalue weighted by Crippen LogP contribution is 2.38. The lowest BCUT2D eigenvalue weighted by atomic mass is 9.87. The molecule has 1 spiro atoms. The van der Waals surface area contributed by atoms with Crippen LogP contribution >= 0.6 is 0 Å². The first-order valence-corrected chi connectivity index (χ1v) is 7.20. The van der Waals surface area contributed by atoms with Gasteiger partial charge in [0.25, 0.3) is 0 Å². The number of nitrogens with zero attached hydrogens (tertiary/aromatic N) is 1. The third-order valence-electron chi connectivity index (χ3n) is 4.48. The van der Waals surface area contributed by atoms with Gasteiger partial charge in [0.05, 0.1) is 6.61 Å². The van der Waals surface area contributed by atoms with E-state index in [0.717, 1.165) is 13.2 Å². The van der Waals surface area contributed by atoms with E-state index in [1.165, 1.54) is 50.9 Å². The molecular formula is C16H23NO. The van der Waals surface area contributed by atoms with Gasteiger partial charge in [-0.1, -0.05) is 30.3 Å². The summed E-state index contributed by atoms with van der Waals surface area (Å²) >= 11 is 0. The summed E-state index contributed by atoms with van der Waals surface area (Å²) in [5, 5.41) is 0. The Balaban J connectivity index is 1.42. The maximum atomic E-state index is 5.58. The fourth-order valence-electron chi connectivity index (χ4n) is 3.34. The Hall–Kier alpha value is -0.860. The molecule has 0 bridgehead atoms. The van der Waals surface area contributed by atoms with Crippen molar-refractivity contribution in [3.8, 4) is 0 Å². The second-order valence-corrected chi connectivity index (χ2v) is 5.92. The van der Waals surface area contributed by atoms with Gasteiger partial charge in [0.1, 0.15) is 0 Å². The Bertz CT molecular complexity index is 370. The molecule has 1 aromatic carbocycles. The average Bonchev–Trinajstić information content (AvgIpc) is 3.02. The van der Waals surface area contributed by atoms with Crippen LogP contribution in [-0.2, 0) is 11.2 Å². The lowest BCUT2D eigenvalue weighted by molar-refractivity contribution is 0.152. The molecule has 0 aromatic heterocycles. The van der Waals surface area contributed by atoms with Gasteiger partial charge in [-0.3, -0.25) is 0 Å². The predicted molar refractivity (Wildman–Crippen MR) is 73.7 cm³/mol. The van der Waals surface area contributed by atoms with Crippen molar-refractivity contribution in [3.05, 3.63) is 35.9 Å². The SMILES string of the molecule is c1ccc(CCCN2CC[C@]3(CCOC3)C2)cc1. The van der Waals surface area contributed by atoms with Crippen LogP contribution in [0.2, 0.25) is 0 Å². The van der Waals surface area contributed by atoms with Gasteiger partial charge in [0.15, 0.2) is 0 Å². The third kappa shape index (κ3) is 2.76. The van der Waals surface area contributed by atoms with Crippen molar-refractivity contribution < 1.29 is 4.74 Å². The highest BCUT2D eigenvalue weighted by Gasteiger charge is 2.40. The second-order valence-electron chi connectivity index (χ2n) is 5.92. The monoisotopic (exact) mass is 245 g/mol. The van der Waals surface area contributed by atoms with Crippen LogP contribution < -0.4 is 0 Å². The first-order valence-electron chi connectivity index (χ1n) is 7.20. The van der Waals surface area contributed by atoms with Gasteiger partial charge in [-0.15, -0.1) is 0 Å². The lowest BCUT2D eigenvalue weighted by Crippen LogP contribution is -2.28. The molecular weight excluding hydrogens is 222 g/mol. The Kier molecular flexibility index (Phi) is 3.67. The van der Waals surface area contributed by atoms with Crippen molar-refractivity contribution in [2.45, 2.75) is 25.7 Å². The van der Waals surface area contributed by atoms with E-state index in [0.29, 0.717) is 5.41 Å². The van der Waals surface area contributed by atoms with E-state index in [-0.39, 0.29) is 0 Å². The van der Waals surface area contributed by atoms with Gasteiger partial charge in [0.2, 0.25) is 0 Å². The standard InChI is InChI=1S/C16H23NO/c1-2-5-15(6-3-1)7-4-10-17-11-8-16(13-17)9-12-18-14-16/h1-3,5-6H,4,7-14H2/t16-/m0/s1. The van der Waals surface area contributed by atoms with Crippen LogP contribution in [0.3, 0.4) is 0 Å². The van der Waals surface area contributed by atoms with Gasteiger partial charge in [-0.25, -0.2) is 0 Å². The van der Waals surface area contributed by atoms with Gasteiger partial charge in [0, 0.05) is 18.6 Å². The summed E-state index contributed by atoms with van der Waals surface area (Å²) in [6, 6.07) is 10.8. The van der Waals surface area contributed by atoms with E-state index in [1.54, 1.807) is 0 Å². The second kappa shape index (κ2) is 5.41. The summed E-state index contributed by atoms with van der Waals surface area (Å²) in [5.74, 6) is 0. The van der Waals surface area contributed by atoms with Crippen LogP contribution in [-0.4, -0.2) is 37.7 Å². The van der Waals surface area contributed by atoms with Crippen LogP contribution in [0.5, 0.6) is 0 Å². The van der Waals surface area contributed by atoms with Crippen LogP contribution in [0.4, 0.5) is 0 Å². The first-order chi connectivity index (χ1) is 8.86. The summed E-state index contributed by atoms with van der Waals surface area (Å²) in [7, 11) is 0. The molecule has 2 aliphatic rings. The molecule has 2 aliphatic heterocycles. The molecule has 0 aliphatic carbocycles. The van der Waals surface area contributed by atoms with Gasteiger partial charge in [-0.05, 0) is 44.3 Å². The predicted octanol–water partition coefficient (Wildman–Crippen LogP) is 2.73.